The van der Waals surface area contributed by atoms with Gasteiger partial charge in [0.15, 0.2) is 0 Å². The van der Waals surface area contributed by atoms with E-state index < -0.39 is 34.2 Å². The van der Waals surface area contributed by atoms with Crippen molar-refractivity contribution in [3.8, 4) is 0 Å². The van der Waals surface area contributed by atoms with Gasteiger partial charge in [-0.15, -0.1) is 0 Å². The van der Waals surface area contributed by atoms with Gasteiger partial charge in [0, 0.05) is 0 Å². The zero-order chi connectivity index (χ0) is 33.2. The van der Waals surface area contributed by atoms with Crippen LogP contribution in [0.1, 0.15) is 25.0 Å². The molecule has 232 valence electrons. The van der Waals surface area contributed by atoms with Gasteiger partial charge in [-0.25, -0.2) is 0 Å². The van der Waals surface area contributed by atoms with Crippen molar-refractivity contribution in [2.75, 3.05) is 23.9 Å². The molecule has 0 saturated heterocycles. The summed E-state index contributed by atoms with van der Waals surface area (Å²) in [5.41, 5.74) is 1.35. The monoisotopic (exact) mass is 742 g/mol. The zero-order valence-electron chi connectivity index (χ0n) is 26.2. The summed E-state index contributed by atoms with van der Waals surface area (Å²) >= 11 is -0.177. The number of para-hydroxylation sites is 2. The number of benzene rings is 4. The number of Topliss-reactive ketones (excluding diaryl/α,β-unsaturated/α-hetero) is 2. The van der Waals surface area contributed by atoms with Crippen molar-refractivity contribution < 1.29 is 19.2 Å². The van der Waals surface area contributed by atoms with Crippen LogP contribution in [0.2, 0.25) is 0 Å². The van der Waals surface area contributed by atoms with E-state index in [4.69, 9.17) is 0 Å². The van der Waals surface area contributed by atoms with Crippen molar-refractivity contribution in [3.63, 3.8) is 0 Å². The number of nitrogens with zero attached hydrogens (tertiary/aromatic N) is 2. The normalized spacial score (nSPS) is 20.3. The Balaban J connectivity index is 0.000000181. The van der Waals surface area contributed by atoms with Crippen LogP contribution < -0.4 is 18.7 Å². The van der Waals surface area contributed by atoms with E-state index in [0.717, 1.165) is 40.4 Å². The van der Waals surface area contributed by atoms with Gasteiger partial charge in [-0.05, 0) is 0 Å². The molecule has 0 bridgehead atoms. The number of allylic oxidation sites excluding steroid dienone is 2. The number of amides is 2. The molecule has 2 aliphatic rings. The third-order valence-corrected chi connectivity index (χ3v) is 13.5. The van der Waals surface area contributed by atoms with E-state index in [-0.39, 0.29) is 29.9 Å². The van der Waals surface area contributed by atoms with E-state index in [9.17, 15) is 19.2 Å². The molecule has 4 aromatic rings. The van der Waals surface area contributed by atoms with Crippen molar-refractivity contribution in [1.29, 1.82) is 0 Å². The fourth-order valence-corrected chi connectivity index (χ4v) is 9.72. The second kappa shape index (κ2) is 13.2. The average Bonchev–Trinajstić information content (AvgIpc) is 3.09. The van der Waals surface area contributed by atoms with E-state index in [1.807, 2.05) is 123 Å². The summed E-state index contributed by atoms with van der Waals surface area (Å²) in [7, 11) is 3.29. The number of rotatable bonds is 6. The molecular formula is C38H34N2O4Se2. The zero-order valence-corrected chi connectivity index (χ0v) is 29.6. The van der Waals surface area contributed by atoms with Crippen LogP contribution in [0.25, 0.3) is 0 Å². The summed E-state index contributed by atoms with van der Waals surface area (Å²) in [6, 6.07) is 35.1. The van der Waals surface area contributed by atoms with Crippen LogP contribution >= 0.6 is 0 Å². The van der Waals surface area contributed by atoms with Gasteiger partial charge >= 0.3 is 284 Å². The Bertz CT molecular complexity index is 1740. The van der Waals surface area contributed by atoms with Gasteiger partial charge in [-0.3, -0.25) is 0 Å². The van der Waals surface area contributed by atoms with Crippen molar-refractivity contribution in [2.45, 2.75) is 24.7 Å². The van der Waals surface area contributed by atoms with Crippen LogP contribution in [-0.2, 0) is 30.0 Å². The van der Waals surface area contributed by atoms with Crippen LogP contribution in [-0.4, -0.2) is 67.4 Å². The number of ketones is 2. The molecule has 46 heavy (non-hydrogen) atoms. The Hall–Kier alpha value is -4.32. The number of fused-ring (bicyclic) bond motifs is 2. The van der Waals surface area contributed by atoms with Gasteiger partial charge in [-0.1, -0.05) is 0 Å². The Morgan fingerprint density at radius 3 is 1.17 bits per heavy atom. The predicted octanol–water partition coefficient (Wildman–Crippen LogP) is 4.07. The molecule has 2 aliphatic heterocycles. The van der Waals surface area contributed by atoms with Gasteiger partial charge in [0.25, 0.3) is 0 Å². The number of hydrogen-bond acceptors (Lipinski definition) is 4. The van der Waals surface area contributed by atoms with Gasteiger partial charge in [0.2, 0.25) is 0 Å². The Kier molecular flexibility index (Phi) is 9.48. The van der Waals surface area contributed by atoms with Crippen molar-refractivity contribution in [3.05, 3.63) is 142 Å². The molecule has 0 aliphatic carbocycles. The first kappa shape index (κ1) is 33.1. The number of hydrogen-bond donors (Lipinski definition) is 0. The SMILES string of the molecule is C=C([Se]c1ccccc1)[C@@]1(C)C(=O)C(=O)N(C)c2ccccc21.C=C([Se]c1ccccc1)[C@]1(C)C(=O)C(=O)N(C)c2ccccc21. The summed E-state index contributed by atoms with van der Waals surface area (Å²) in [5.74, 6) is -1.75. The van der Waals surface area contributed by atoms with E-state index in [1.165, 1.54) is 9.80 Å². The van der Waals surface area contributed by atoms with E-state index in [2.05, 4.69) is 13.2 Å². The second-order valence-corrected chi connectivity index (χ2v) is 16.2. The molecule has 4 aromatic carbocycles. The molecule has 0 unspecified atom stereocenters. The van der Waals surface area contributed by atoms with Crippen LogP contribution in [0.5, 0.6) is 0 Å². The third-order valence-electron chi connectivity index (χ3n) is 8.60. The van der Waals surface area contributed by atoms with Crippen molar-refractivity contribution >= 4 is 73.6 Å². The summed E-state index contributed by atoms with van der Waals surface area (Å²) in [6.45, 7) is 12.0. The minimum absolute atomic E-state index is 0.0883. The maximum absolute atomic E-state index is 12.8. The number of anilines is 2. The standard InChI is InChI=1S/2C19H17NO2Se/c2*1-13(23-14-9-5-4-6-10-14)19(2)15-11-7-8-12-16(15)20(3)18(22)17(19)21/h2*4-12H,1H2,2-3H3/t2*19-/m10/s1. The quantitative estimate of drug-likeness (QED) is 0.221. The van der Waals surface area contributed by atoms with Crippen LogP contribution in [0.15, 0.2) is 131 Å². The number of carbonyl (C=O) groups excluding carboxylic acids is 4. The van der Waals surface area contributed by atoms with Gasteiger partial charge in [-0.2, -0.15) is 0 Å². The molecule has 8 heteroatoms. The van der Waals surface area contributed by atoms with E-state index in [0.29, 0.717) is 0 Å². The van der Waals surface area contributed by atoms with Gasteiger partial charge in [0.05, 0.1) is 0 Å². The predicted molar refractivity (Wildman–Crippen MR) is 186 cm³/mol. The van der Waals surface area contributed by atoms with Crippen molar-refractivity contribution in [2.24, 2.45) is 0 Å². The average molecular weight is 741 g/mol. The molecule has 0 N–H and O–H groups in total. The molecule has 6 nitrogen and oxygen atoms in total. The molecule has 0 saturated carbocycles. The van der Waals surface area contributed by atoms with Crippen LogP contribution in [0.4, 0.5) is 11.4 Å². The van der Waals surface area contributed by atoms with Crippen LogP contribution in [0.3, 0.4) is 0 Å². The second-order valence-electron chi connectivity index (χ2n) is 11.3. The van der Waals surface area contributed by atoms with Crippen molar-refractivity contribution in [1.82, 2.24) is 0 Å². The summed E-state index contributed by atoms with van der Waals surface area (Å²) < 4.78 is 3.89. The maximum atomic E-state index is 12.8. The fraction of sp³-hybridized carbons (Fsp3) is 0.158. The molecule has 2 amide bonds. The first-order valence-electron chi connectivity index (χ1n) is 14.6. The molecule has 2 atom stereocenters. The first-order chi connectivity index (χ1) is 21.9. The molecular weight excluding hydrogens is 706 g/mol. The Morgan fingerprint density at radius 2 is 0.826 bits per heavy atom. The third kappa shape index (κ3) is 5.74. The van der Waals surface area contributed by atoms with Gasteiger partial charge < -0.3 is 0 Å². The van der Waals surface area contributed by atoms with Gasteiger partial charge in [0.1, 0.15) is 0 Å². The fourth-order valence-electron chi connectivity index (χ4n) is 5.59. The van der Waals surface area contributed by atoms with E-state index in [1.54, 1.807) is 14.1 Å². The Morgan fingerprint density at radius 1 is 0.522 bits per heavy atom. The molecule has 0 spiro atoms. The summed E-state index contributed by atoms with van der Waals surface area (Å²) in [4.78, 5) is 53.3. The molecule has 6 rings (SSSR count). The Labute approximate surface area is 282 Å². The summed E-state index contributed by atoms with van der Waals surface area (Å²) in [5, 5.41) is 0. The molecule has 0 fully saturated rings. The summed E-state index contributed by atoms with van der Waals surface area (Å²) in [6.07, 6.45) is 0. The molecule has 0 aromatic heterocycles. The van der Waals surface area contributed by atoms with Crippen LogP contribution in [0, 0.1) is 0 Å². The van der Waals surface area contributed by atoms with E-state index >= 15 is 0 Å². The topological polar surface area (TPSA) is 74.8 Å². The number of carbonyl (C=O) groups is 4. The number of likely N-dealkylation sites (N-methyl/N-ethyl adjacent to an activating group) is 2. The first-order valence-corrected chi connectivity index (χ1v) is 18.0. The minimum atomic E-state index is -0.962. The molecule has 2 heterocycles. The molecule has 0 radical (unpaired) electrons.